The summed E-state index contributed by atoms with van der Waals surface area (Å²) in [5, 5.41) is 0.0114. The van der Waals surface area contributed by atoms with E-state index in [1.807, 2.05) is 18.2 Å². The molecule has 0 N–H and O–H groups in total. The lowest BCUT2D eigenvalue weighted by atomic mass is 9.97. The van der Waals surface area contributed by atoms with E-state index < -0.39 is 0 Å². The topological polar surface area (TPSA) is 35.1 Å². The summed E-state index contributed by atoms with van der Waals surface area (Å²) in [6.07, 6.45) is 7.20. The molecule has 0 saturated heterocycles. The lowest BCUT2D eigenvalue weighted by Gasteiger charge is -2.14. The Kier molecular flexibility index (Phi) is 4.39. The molecule has 0 aliphatic heterocycles. The maximum Gasteiger partial charge on any atom is 0.419 e. The number of aryl methyl sites for hydroxylation is 1. The molecular formula is C17H22ClNO2. The molecule has 1 aromatic heterocycles. The van der Waals surface area contributed by atoms with Crippen molar-refractivity contribution in [3.8, 4) is 0 Å². The van der Waals surface area contributed by atoms with Crippen molar-refractivity contribution < 1.29 is 4.42 Å². The molecule has 2 aromatic rings. The van der Waals surface area contributed by atoms with Crippen LogP contribution in [0.5, 0.6) is 0 Å². The summed E-state index contributed by atoms with van der Waals surface area (Å²) >= 11 is 6.57. The monoisotopic (exact) mass is 307 g/mol. The molecule has 1 heterocycles. The van der Waals surface area contributed by atoms with Crippen LogP contribution in [0.4, 0.5) is 0 Å². The number of aromatic nitrogens is 1. The summed E-state index contributed by atoms with van der Waals surface area (Å²) in [7, 11) is 0. The van der Waals surface area contributed by atoms with Crippen LogP contribution in [0.15, 0.2) is 27.4 Å². The molecule has 4 heteroatoms. The van der Waals surface area contributed by atoms with Crippen LogP contribution in [-0.4, -0.2) is 4.57 Å². The maximum atomic E-state index is 11.9. The molecule has 1 aromatic carbocycles. The predicted molar refractivity (Wildman–Crippen MR) is 85.9 cm³/mol. The van der Waals surface area contributed by atoms with Gasteiger partial charge in [-0.15, -0.1) is 11.6 Å². The molecule has 0 bridgehead atoms. The second-order valence-electron chi connectivity index (χ2n) is 6.10. The molecule has 1 aliphatic rings. The summed E-state index contributed by atoms with van der Waals surface area (Å²) in [5.41, 5.74) is 2.59. The maximum absolute atomic E-state index is 11.9. The Morgan fingerprint density at radius 2 is 2.14 bits per heavy atom. The highest BCUT2D eigenvalue weighted by molar-refractivity contribution is 6.20. The normalized spacial score (nSPS) is 17.6. The van der Waals surface area contributed by atoms with Gasteiger partial charge in [0.05, 0.1) is 10.9 Å². The summed E-state index contributed by atoms with van der Waals surface area (Å²) < 4.78 is 7.05. The molecule has 1 saturated carbocycles. The van der Waals surface area contributed by atoms with Crippen LogP contribution in [0.2, 0.25) is 0 Å². The van der Waals surface area contributed by atoms with Gasteiger partial charge in [0.2, 0.25) is 0 Å². The number of oxazole rings is 1. The Morgan fingerprint density at radius 1 is 1.38 bits per heavy atom. The van der Waals surface area contributed by atoms with Gasteiger partial charge in [-0.2, -0.15) is 0 Å². The summed E-state index contributed by atoms with van der Waals surface area (Å²) in [6.45, 7) is 2.74. The standard InChI is InChI=1S/C17H22ClNO2/c1-2-9-19-15-8-7-13(11-16(15)21-17(19)20)14(18)10-12-5-3-4-6-12/h7-8,11-12,14H,2-6,9-10H2,1H3. The number of hydrogen-bond acceptors (Lipinski definition) is 2. The van der Waals surface area contributed by atoms with Crippen LogP contribution in [-0.2, 0) is 6.54 Å². The average molecular weight is 308 g/mol. The van der Waals surface area contributed by atoms with Crippen molar-refractivity contribution >= 4 is 22.7 Å². The Balaban J connectivity index is 1.85. The van der Waals surface area contributed by atoms with Gasteiger partial charge in [0.1, 0.15) is 0 Å². The molecule has 3 rings (SSSR count). The fourth-order valence-corrected chi connectivity index (χ4v) is 3.78. The van der Waals surface area contributed by atoms with Crippen LogP contribution in [0.3, 0.4) is 0 Å². The highest BCUT2D eigenvalue weighted by Gasteiger charge is 2.20. The largest absolute Gasteiger partial charge is 0.419 e. The number of rotatable bonds is 5. The van der Waals surface area contributed by atoms with E-state index in [-0.39, 0.29) is 11.1 Å². The number of hydrogen-bond donors (Lipinski definition) is 0. The van der Waals surface area contributed by atoms with Crippen molar-refractivity contribution in [1.29, 1.82) is 0 Å². The van der Waals surface area contributed by atoms with Gasteiger partial charge in [-0.3, -0.25) is 4.57 Å². The van der Waals surface area contributed by atoms with E-state index in [0.29, 0.717) is 12.1 Å². The zero-order valence-corrected chi connectivity index (χ0v) is 13.2. The van der Waals surface area contributed by atoms with E-state index in [2.05, 4.69) is 6.92 Å². The van der Waals surface area contributed by atoms with E-state index >= 15 is 0 Å². The number of fused-ring (bicyclic) bond motifs is 1. The van der Waals surface area contributed by atoms with Crippen molar-refractivity contribution in [2.24, 2.45) is 5.92 Å². The first-order valence-corrected chi connectivity index (χ1v) is 8.40. The van der Waals surface area contributed by atoms with Gasteiger partial charge in [-0.25, -0.2) is 4.79 Å². The number of nitrogens with zero attached hydrogens (tertiary/aromatic N) is 1. The van der Waals surface area contributed by atoms with Gasteiger partial charge in [0.25, 0.3) is 0 Å². The number of benzene rings is 1. The highest BCUT2D eigenvalue weighted by atomic mass is 35.5. The van der Waals surface area contributed by atoms with E-state index in [4.69, 9.17) is 16.0 Å². The molecule has 0 radical (unpaired) electrons. The minimum absolute atomic E-state index is 0.0114. The minimum atomic E-state index is -0.272. The van der Waals surface area contributed by atoms with Gasteiger partial charge in [-0.1, -0.05) is 38.7 Å². The summed E-state index contributed by atoms with van der Waals surface area (Å²) in [5.74, 6) is 0.478. The fourth-order valence-electron chi connectivity index (χ4n) is 3.39. The molecule has 0 spiro atoms. The summed E-state index contributed by atoms with van der Waals surface area (Å²) in [4.78, 5) is 11.9. The molecule has 1 unspecified atom stereocenters. The first-order chi connectivity index (χ1) is 10.2. The Hall–Kier alpha value is -1.22. The molecule has 1 aliphatic carbocycles. The van der Waals surface area contributed by atoms with Crippen molar-refractivity contribution in [1.82, 2.24) is 4.57 Å². The first kappa shape index (κ1) is 14.7. The lowest BCUT2D eigenvalue weighted by molar-refractivity contribution is 0.494. The average Bonchev–Trinajstić information content (AvgIpc) is 3.07. The second-order valence-corrected chi connectivity index (χ2v) is 6.63. The third kappa shape index (κ3) is 3.03. The Morgan fingerprint density at radius 3 is 2.86 bits per heavy atom. The summed E-state index contributed by atoms with van der Waals surface area (Å²) in [6, 6.07) is 5.95. The molecule has 3 nitrogen and oxygen atoms in total. The van der Waals surface area contributed by atoms with Gasteiger partial charge < -0.3 is 4.42 Å². The minimum Gasteiger partial charge on any atom is -0.408 e. The number of alkyl halides is 1. The SMILES string of the molecule is CCCn1c(=O)oc2cc(C(Cl)CC3CCCC3)ccc21. The molecule has 1 fully saturated rings. The first-order valence-electron chi connectivity index (χ1n) is 7.96. The molecule has 0 amide bonds. The third-order valence-corrected chi connectivity index (χ3v) is 4.95. The van der Waals surface area contributed by atoms with Crippen molar-refractivity contribution in [3.05, 3.63) is 34.3 Å². The number of halogens is 1. The smallest absolute Gasteiger partial charge is 0.408 e. The second kappa shape index (κ2) is 6.27. The van der Waals surface area contributed by atoms with E-state index in [9.17, 15) is 4.79 Å². The lowest BCUT2D eigenvalue weighted by Crippen LogP contribution is -2.13. The van der Waals surface area contributed by atoms with Crippen molar-refractivity contribution in [3.63, 3.8) is 0 Å². The quantitative estimate of drug-likeness (QED) is 0.739. The zero-order chi connectivity index (χ0) is 14.8. The molecule has 1 atom stereocenters. The van der Waals surface area contributed by atoms with Gasteiger partial charge in [0, 0.05) is 6.54 Å². The Labute approximate surface area is 129 Å². The van der Waals surface area contributed by atoms with Gasteiger partial charge >= 0.3 is 5.76 Å². The van der Waals surface area contributed by atoms with Crippen LogP contribution >= 0.6 is 11.6 Å². The van der Waals surface area contributed by atoms with E-state index in [0.717, 1.165) is 29.8 Å². The van der Waals surface area contributed by atoms with E-state index in [1.165, 1.54) is 25.7 Å². The van der Waals surface area contributed by atoms with Gasteiger partial charge in [0.15, 0.2) is 5.58 Å². The van der Waals surface area contributed by atoms with E-state index in [1.54, 1.807) is 4.57 Å². The zero-order valence-electron chi connectivity index (χ0n) is 12.5. The van der Waals surface area contributed by atoms with Crippen molar-refractivity contribution in [2.45, 2.75) is 57.4 Å². The fraction of sp³-hybridized carbons (Fsp3) is 0.588. The van der Waals surface area contributed by atoms with Crippen LogP contribution in [0.1, 0.15) is 56.4 Å². The molecular weight excluding hydrogens is 286 g/mol. The molecule has 21 heavy (non-hydrogen) atoms. The van der Waals surface area contributed by atoms with Crippen LogP contribution in [0.25, 0.3) is 11.1 Å². The highest BCUT2D eigenvalue weighted by Crippen LogP contribution is 2.36. The molecule has 114 valence electrons. The van der Waals surface area contributed by atoms with Crippen LogP contribution < -0.4 is 5.76 Å². The Bertz CT molecular complexity index is 667. The third-order valence-electron chi connectivity index (χ3n) is 4.52. The predicted octanol–water partition coefficient (Wildman–Crippen LogP) is 4.86. The van der Waals surface area contributed by atoms with Crippen molar-refractivity contribution in [2.75, 3.05) is 0 Å². The van der Waals surface area contributed by atoms with Gasteiger partial charge in [-0.05, 0) is 36.5 Å². The van der Waals surface area contributed by atoms with Crippen LogP contribution in [0, 0.1) is 5.92 Å².